The third-order valence-electron chi connectivity index (χ3n) is 0.878. The summed E-state index contributed by atoms with van der Waals surface area (Å²) in [5, 5.41) is 0. The van der Waals surface area contributed by atoms with Crippen molar-refractivity contribution in [1.29, 1.82) is 0 Å². The lowest BCUT2D eigenvalue weighted by Crippen LogP contribution is -2.37. The van der Waals surface area contributed by atoms with Gasteiger partial charge in [-0.05, 0) is 6.92 Å². The van der Waals surface area contributed by atoms with E-state index in [1.807, 2.05) is 6.92 Å². The molecule has 0 aliphatic carbocycles. The van der Waals surface area contributed by atoms with Crippen molar-refractivity contribution in [3.63, 3.8) is 0 Å². The molecule has 0 amide bonds. The molecule has 1 aliphatic rings. The molecule has 7 heteroatoms. The van der Waals surface area contributed by atoms with Crippen LogP contribution in [-0.2, 0) is 18.4 Å². The van der Waals surface area contributed by atoms with E-state index in [1.54, 1.807) is 0 Å². The Hall–Kier alpha value is 0.0348. The van der Waals surface area contributed by atoms with Gasteiger partial charge in [-0.15, -0.1) is 0 Å². The molecule has 1 fully saturated rings. The zero-order chi connectivity index (χ0) is 6.53. The summed E-state index contributed by atoms with van der Waals surface area (Å²) in [6.07, 6.45) is 0. The summed E-state index contributed by atoms with van der Waals surface area (Å²) in [5.41, 5.74) is 0. The molecule has 9 heavy (non-hydrogen) atoms. The molecule has 0 saturated carbocycles. The lowest BCUT2D eigenvalue weighted by atomic mass is 10.1. The molecular weight excluding hydrogens is 120 g/mol. The Kier molecular flexibility index (Phi) is 3.14. The molecule has 0 atom stereocenters. The lowest BCUT2D eigenvalue weighted by molar-refractivity contribution is 0.182. The van der Waals surface area contributed by atoms with Crippen LogP contribution in [0.2, 0.25) is 0 Å². The molecule has 0 aromatic heterocycles. The van der Waals surface area contributed by atoms with Crippen LogP contribution in [0.15, 0.2) is 0 Å². The van der Waals surface area contributed by atoms with Crippen LogP contribution in [0.5, 0.6) is 0 Å². The predicted octanol–water partition coefficient (Wildman–Crippen LogP) is -1.40. The zero-order valence-corrected chi connectivity index (χ0v) is 5.33. The van der Waals surface area contributed by atoms with Crippen molar-refractivity contribution in [1.82, 2.24) is 0 Å². The van der Waals surface area contributed by atoms with Gasteiger partial charge < -0.3 is 18.4 Å². The standard InChI is InChI=1S/C2H7B3O4/c1-2-6-5-8-3-7-4-9-5/h3-4H,2H2,1H3. The maximum atomic E-state index is 4.96. The first-order valence-electron chi connectivity index (χ1n) is 2.86. The molecule has 1 saturated heterocycles. The highest BCUT2D eigenvalue weighted by Crippen LogP contribution is 1.95. The van der Waals surface area contributed by atoms with E-state index in [0.717, 1.165) is 0 Å². The largest absolute Gasteiger partial charge is 0.611 e. The summed E-state index contributed by atoms with van der Waals surface area (Å²) >= 11 is 0. The van der Waals surface area contributed by atoms with Crippen LogP contribution in [0, 0.1) is 0 Å². The normalized spacial score (nSPS) is 18.6. The minimum atomic E-state index is -0.524. The molecule has 0 bridgehead atoms. The molecule has 0 aromatic rings. The van der Waals surface area contributed by atoms with Gasteiger partial charge in [0.1, 0.15) is 0 Å². The van der Waals surface area contributed by atoms with E-state index in [0.29, 0.717) is 6.61 Å². The summed E-state index contributed by atoms with van der Waals surface area (Å²) in [6, 6.07) is 0. The van der Waals surface area contributed by atoms with Crippen LogP contribution in [0.25, 0.3) is 0 Å². The van der Waals surface area contributed by atoms with E-state index in [9.17, 15) is 0 Å². The van der Waals surface area contributed by atoms with Crippen molar-refractivity contribution in [3.05, 3.63) is 0 Å². The summed E-state index contributed by atoms with van der Waals surface area (Å²) in [4.78, 5) is 0. The third-order valence-corrected chi connectivity index (χ3v) is 0.878. The van der Waals surface area contributed by atoms with E-state index < -0.39 is 7.32 Å². The van der Waals surface area contributed by atoms with Crippen molar-refractivity contribution >= 4 is 22.7 Å². The van der Waals surface area contributed by atoms with E-state index in [-0.39, 0.29) is 15.4 Å². The molecule has 1 aliphatic heterocycles. The Morgan fingerprint density at radius 2 is 2.11 bits per heavy atom. The van der Waals surface area contributed by atoms with Gasteiger partial charge in [0.15, 0.2) is 0 Å². The van der Waals surface area contributed by atoms with Crippen molar-refractivity contribution in [2.24, 2.45) is 0 Å². The van der Waals surface area contributed by atoms with Crippen molar-refractivity contribution in [3.8, 4) is 0 Å². The van der Waals surface area contributed by atoms with E-state index in [1.165, 1.54) is 0 Å². The minimum Gasteiger partial charge on any atom is -0.458 e. The predicted molar refractivity (Wildman–Crippen MR) is 34.9 cm³/mol. The molecule has 4 nitrogen and oxygen atoms in total. The van der Waals surface area contributed by atoms with Crippen molar-refractivity contribution < 1.29 is 18.4 Å². The summed E-state index contributed by atoms with van der Waals surface area (Å²) < 4.78 is 19.4. The smallest absolute Gasteiger partial charge is 0.458 e. The summed E-state index contributed by atoms with van der Waals surface area (Å²) in [5.74, 6) is 0. The quantitative estimate of drug-likeness (QED) is 0.428. The highest BCUT2D eigenvalue weighted by atomic mass is 16.8. The molecule has 48 valence electrons. The monoisotopic (exact) mass is 128 g/mol. The molecule has 0 unspecified atom stereocenters. The number of hydrogen-bond donors (Lipinski definition) is 0. The van der Waals surface area contributed by atoms with Crippen molar-refractivity contribution in [2.75, 3.05) is 6.61 Å². The molecule has 0 aromatic carbocycles. The van der Waals surface area contributed by atoms with Crippen molar-refractivity contribution in [2.45, 2.75) is 6.92 Å². The van der Waals surface area contributed by atoms with Crippen LogP contribution in [0.4, 0.5) is 0 Å². The van der Waals surface area contributed by atoms with E-state index in [2.05, 4.69) is 0 Å². The average molecular weight is 128 g/mol. The fraction of sp³-hybridized carbons (Fsp3) is 1.00. The topological polar surface area (TPSA) is 36.9 Å². The molecule has 1 rings (SSSR count). The van der Waals surface area contributed by atoms with Gasteiger partial charge in [-0.2, -0.15) is 0 Å². The van der Waals surface area contributed by atoms with Crippen LogP contribution in [0.1, 0.15) is 6.92 Å². The first kappa shape index (κ1) is 7.15. The Morgan fingerprint density at radius 1 is 1.44 bits per heavy atom. The Bertz CT molecular complexity index is 71.5. The van der Waals surface area contributed by atoms with Crippen LogP contribution in [-0.4, -0.2) is 29.3 Å². The van der Waals surface area contributed by atoms with E-state index in [4.69, 9.17) is 18.4 Å². The van der Waals surface area contributed by atoms with Gasteiger partial charge in [-0.25, -0.2) is 0 Å². The Balaban J connectivity index is 2.08. The highest BCUT2D eigenvalue weighted by Gasteiger charge is 2.24. The van der Waals surface area contributed by atoms with Gasteiger partial charge in [0.2, 0.25) is 0 Å². The maximum Gasteiger partial charge on any atom is 0.611 e. The van der Waals surface area contributed by atoms with Gasteiger partial charge in [-0.3, -0.25) is 0 Å². The van der Waals surface area contributed by atoms with Gasteiger partial charge in [0.05, 0.1) is 0 Å². The summed E-state index contributed by atoms with van der Waals surface area (Å²) in [6.45, 7) is 2.47. The van der Waals surface area contributed by atoms with Gasteiger partial charge in [-0.1, -0.05) is 0 Å². The molecule has 0 N–H and O–H groups in total. The van der Waals surface area contributed by atoms with Crippen LogP contribution < -0.4 is 0 Å². The maximum absolute atomic E-state index is 4.96. The first-order chi connectivity index (χ1) is 4.43. The fourth-order valence-electron chi connectivity index (χ4n) is 0.522. The lowest BCUT2D eigenvalue weighted by Gasteiger charge is -2.17. The Morgan fingerprint density at radius 3 is 2.67 bits per heavy atom. The second kappa shape index (κ2) is 3.95. The Labute approximate surface area is 55.6 Å². The first-order valence-corrected chi connectivity index (χ1v) is 2.86. The van der Waals surface area contributed by atoms with Gasteiger partial charge in [0, 0.05) is 6.61 Å². The third kappa shape index (κ3) is 2.40. The van der Waals surface area contributed by atoms with Gasteiger partial charge >= 0.3 is 22.7 Å². The zero-order valence-electron chi connectivity index (χ0n) is 5.33. The fourth-order valence-corrected chi connectivity index (χ4v) is 0.522. The van der Waals surface area contributed by atoms with E-state index >= 15 is 0 Å². The molecule has 1 heterocycles. The average Bonchev–Trinajstić information content (AvgIpc) is 1.91. The highest BCUT2D eigenvalue weighted by molar-refractivity contribution is 6.57. The molecular formula is C2H7B3O4. The second-order valence-corrected chi connectivity index (χ2v) is 1.52. The van der Waals surface area contributed by atoms with Crippen LogP contribution >= 0.6 is 0 Å². The van der Waals surface area contributed by atoms with Gasteiger partial charge in [0.25, 0.3) is 0 Å². The van der Waals surface area contributed by atoms with Crippen LogP contribution in [0.3, 0.4) is 0 Å². The summed E-state index contributed by atoms with van der Waals surface area (Å²) in [7, 11) is -0.0150. The number of rotatable bonds is 2. The second-order valence-electron chi connectivity index (χ2n) is 1.52. The SMILES string of the molecule is CCOB1OBOBO1. The minimum absolute atomic E-state index is 0.255. The molecule has 0 spiro atoms. The molecule has 0 radical (unpaired) electrons. The number of hydrogen-bond acceptors (Lipinski definition) is 4.